The zero-order valence-corrected chi connectivity index (χ0v) is 14.2. The van der Waals surface area contributed by atoms with Crippen molar-refractivity contribution in [2.75, 3.05) is 13.1 Å². The van der Waals surface area contributed by atoms with Crippen molar-refractivity contribution in [1.29, 1.82) is 0 Å². The maximum atomic E-state index is 12.2. The average molecular weight is 340 g/mol. The van der Waals surface area contributed by atoms with Crippen LogP contribution in [0.1, 0.15) is 43.5 Å². The maximum Gasteiger partial charge on any atom is 0.410 e. The highest BCUT2D eigenvalue weighted by Crippen LogP contribution is 2.26. The summed E-state index contributed by atoms with van der Waals surface area (Å²) in [5.41, 5.74) is 0.440. The van der Waals surface area contributed by atoms with E-state index in [2.05, 4.69) is 0 Å². The SMILES string of the molecule is CCN(CC)C(=O)OC1CCCC1OC(=O)c1ccc(Cl)cc1. The van der Waals surface area contributed by atoms with E-state index in [9.17, 15) is 9.59 Å². The topological polar surface area (TPSA) is 55.8 Å². The molecule has 0 radical (unpaired) electrons. The second kappa shape index (κ2) is 8.20. The molecule has 0 aliphatic heterocycles. The molecule has 23 heavy (non-hydrogen) atoms. The number of carbonyl (C=O) groups is 2. The van der Waals surface area contributed by atoms with Crippen molar-refractivity contribution < 1.29 is 19.1 Å². The van der Waals surface area contributed by atoms with Gasteiger partial charge in [-0.05, 0) is 57.4 Å². The Hall–Kier alpha value is -1.75. The summed E-state index contributed by atoms with van der Waals surface area (Å²) < 4.78 is 11.0. The van der Waals surface area contributed by atoms with Gasteiger partial charge in [-0.25, -0.2) is 9.59 Å². The molecule has 0 bridgehead atoms. The van der Waals surface area contributed by atoms with E-state index in [0.29, 0.717) is 36.5 Å². The minimum atomic E-state index is -0.419. The Morgan fingerprint density at radius 2 is 1.65 bits per heavy atom. The number of esters is 1. The number of rotatable bonds is 5. The lowest BCUT2D eigenvalue weighted by molar-refractivity contribution is -0.0196. The van der Waals surface area contributed by atoms with Crippen LogP contribution in [0.3, 0.4) is 0 Å². The molecule has 1 aliphatic rings. The fourth-order valence-corrected chi connectivity index (χ4v) is 2.76. The van der Waals surface area contributed by atoms with E-state index in [1.165, 1.54) is 0 Å². The van der Waals surface area contributed by atoms with Gasteiger partial charge in [0.2, 0.25) is 0 Å². The van der Waals surface area contributed by atoms with Crippen molar-refractivity contribution >= 4 is 23.7 Å². The highest BCUT2D eigenvalue weighted by Gasteiger charge is 2.34. The van der Waals surface area contributed by atoms with E-state index in [4.69, 9.17) is 21.1 Å². The van der Waals surface area contributed by atoms with E-state index >= 15 is 0 Å². The second-order valence-electron chi connectivity index (χ2n) is 5.48. The molecule has 1 amide bonds. The fraction of sp³-hybridized carbons (Fsp3) is 0.529. The lowest BCUT2D eigenvalue weighted by Crippen LogP contribution is -2.37. The third-order valence-corrected chi connectivity index (χ3v) is 4.26. The van der Waals surface area contributed by atoms with E-state index in [1.807, 2.05) is 13.8 Å². The lowest BCUT2D eigenvalue weighted by atomic mass is 10.2. The van der Waals surface area contributed by atoms with Crippen molar-refractivity contribution in [3.63, 3.8) is 0 Å². The number of carbonyl (C=O) groups excluding carboxylic acids is 2. The Kier molecular flexibility index (Phi) is 6.28. The van der Waals surface area contributed by atoms with E-state index < -0.39 is 12.1 Å². The number of amides is 1. The van der Waals surface area contributed by atoms with Crippen LogP contribution in [-0.4, -0.2) is 42.3 Å². The highest BCUT2D eigenvalue weighted by molar-refractivity contribution is 6.30. The molecule has 2 unspecified atom stereocenters. The molecule has 5 nitrogen and oxygen atoms in total. The molecule has 0 heterocycles. The first-order chi connectivity index (χ1) is 11.0. The summed E-state index contributed by atoms with van der Waals surface area (Å²) in [4.78, 5) is 25.8. The van der Waals surface area contributed by atoms with Gasteiger partial charge in [-0.3, -0.25) is 0 Å². The molecule has 2 rings (SSSR count). The van der Waals surface area contributed by atoms with Gasteiger partial charge in [0.25, 0.3) is 0 Å². The van der Waals surface area contributed by atoms with Crippen molar-refractivity contribution in [2.24, 2.45) is 0 Å². The maximum absolute atomic E-state index is 12.2. The molecule has 0 saturated heterocycles. The summed E-state index contributed by atoms with van der Waals surface area (Å²) in [5.74, 6) is -0.419. The minimum Gasteiger partial charge on any atom is -0.455 e. The normalized spacial score (nSPS) is 20.1. The predicted molar refractivity (Wildman–Crippen MR) is 87.7 cm³/mol. The van der Waals surface area contributed by atoms with Gasteiger partial charge in [-0.1, -0.05) is 11.6 Å². The Balaban J connectivity index is 1.94. The van der Waals surface area contributed by atoms with Crippen LogP contribution in [0, 0.1) is 0 Å². The van der Waals surface area contributed by atoms with E-state index in [0.717, 1.165) is 6.42 Å². The molecule has 0 aromatic heterocycles. The van der Waals surface area contributed by atoms with Crippen LogP contribution in [0.2, 0.25) is 5.02 Å². The highest BCUT2D eigenvalue weighted by atomic mass is 35.5. The van der Waals surface area contributed by atoms with Crippen LogP contribution in [0.5, 0.6) is 0 Å². The molecule has 0 spiro atoms. The Bertz CT molecular complexity index is 542. The van der Waals surface area contributed by atoms with Gasteiger partial charge >= 0.3 is 12.1 Å². The molecule has 1 fully saturated rings. The molecule has 1 aromatic carbocycles. The smallest absolute Gasteiger partial charge is 0.410 e. The summed E-state index contributed by atoms with van der Waals surface area (Å²) in [7, 11) is 0. The van der Waals surface area contributed by atoms with Gasteiger partial charge in [-0.2, -0.15) is 0 Å². The minimum absolute atomic E-state index is 0.352. The number of nitrogens with zero attached hydrogens (tertiary/aromatic N) is 1. The molecule has 126 valence electrons. The molecule has 2 atom stereocenters. The largest absolute Gasteiger partial charge is 0.455 e. The van der Waals surface area contributed by atoms with Crippen LogP contribution in [0.15, 0.2) is 24.3 Å². The van der Waals surface area contributed by atoms with Gasteiger partial charge in [0.15, 0.2) is 0 Å². The lowest BCUT2D eigenvalue weighted by Gasteiger charge is -2.24. The van der Waals surface area contributed by atoms with Gasteiger partial charge < -0.3 is 14.4 Å². The monoisotopic (exact) mass is 339 g/mol. The number of ether oxygens (including phenoxy) is 2. The Morgan fingerprint density at radius 3 is 2.22 bits per heavy atom. The van der Waals surface area contributed by atoms with Gasteiger partial charge in [0.05, 0.1) is 5.56 Å². The molecular formula is C17H22ClNO4. The van der Waals surface area contributed by atoms with E-state index in [1.54, 1.807) is 29.2 Å². The van der Waals surface area contributed by atoms with Gasteiger partial charge in [0.1, 0.15) is 12.2 Å². The first-order valence-electron chi connectivity index (χ1n) is 7.97. The molecule has 1 aromatic rings. The van der Waals surface area contributed by atoms with Crippen molar-refractivity contribution in [1.82, 2.24) is 4.90 Å². The van der Waals surface area contributed by atoms with Crippen molar-refractivity contribution in [2.45, 2.75) is 45.3 Å². The molecule has 6 heteroatoms. The summed E-state index contributed by atoms with van der Waals surface area (Å²) in [6.07, 6.45) is 1.17. The Morgan fingerprint density at radius 1 is 1.09 bits per heavy atom. The quantitative estimate of drug-likeness (QED) is 0.763. The molecular weight excluding hydrogens is 318 g/mol. The van der Waals surface area contributed by atoms with Gasteiger partial charge in [-0.15, -0.1) is 0 Å². The Labute approximate surface area is 141 Å². The van der Waals surface area contributed by atoms with Crippen LogP contribution in [-0.2, 0) is 9.47 Å². The first kappa shape index (κ1) is 17.6. The average Bonchev–Trinajstić information content (AvgIpc) is 2.96. The molecule has 0 N–H and O–H groups in total. The van der Waals surface area contributed by atoms with Crippen LogP contribution in [0.4, 0.5) is 4.79 Å². The number of hydrogen-bond acceptors (Lipinski definition) is 4. The standard InChI is InChI=1S/C17H22ClNO4/c1-3-19(4-2)17(21)23-15-7-5-6-14(15)22-16(20)12-8-10-13(18)11-9-12/h8-11,14-15H,3-7H2,1-2H3. The first-order valence-corrected chi connectivity index (χ1v) is 8.35. The summed E-state index contributed by atoms with van der Waals surface area (Å²) in [6, 6.07) is 6.53. The third-order valence-electron chi connectivity index (χ3n) is 4.00. The number of benzene rings is 1. The van der Waals surface area contributed by atoms with E-state index in [-0.39, 0.29) is 12.2 Å². The summed E-state index contributed by atoms with van der Waals surface area (Å²) in [5, 5.41) is 0.563. The van der Waals surface area contributed by atoms with Crippen LogP contribution in [0.25, 0.3) is 0 Å². The predicted octanol–water partition coefficient (Wildman–Crippen LogP) is 3.90. The van der Waals surface area contributed by atoms with Crippen LogP contribution >= 0.6 is 11.6 Å². The van der Waals surface area contributed by atoms with Crippen molar-refractivity contribution in [3.05, 3.63) is 34.9 Å². The summed E-state index contributed by atoms with van der Waals surface area (Å²) in [6.45, 7) is 4.99. The van der Waals surface area contributed by atoms with Crippen molar-refractivity contribution in [3.8, 4) is 0 Å². The zero-order chi connectivity index (χ0) is 16.8. The number of halogens is 1. The third kappa shape index (κ3) is 4.61. The zero-order valence-electron chi connectivity index (χ0n) is 13.5. The molecule has 1 aliphatic carbocycles. The number of hydrogen-bond donors (Lipinski definition) is 0. The molecule has 1 saturated carbocycles. The fourth-order valence-electron chi connectivity index (χ4n) is 2.64. The van der Waals surface area contributed by atoms with Gasteiger partial charge in [0, 0.05) is 18.1 Å². The second-order valence-corrected chi connectivity index (χ2v) is 5.91. The van der Waals surface area contributed by atoms with Crippen LogP contribution < -0.4 is 0 Å². The summed E-state index contributed by atoms with van der Waals surface area (Å²) >= 11 is 5.81.